The molecule has 0 bridgehead atoms. The lowest BCUT2D eigenvalue weighted by atomic mass is 10.2. The molecule has 0 fully saturated rings. The summed E-state index contributed by atoms with van der Waals surface area (Å²) in [4.78, 5) is 26.5. The van der Waals surface area contributed by atoms with Crippen molar-refractivity contribution in [3.05, 3.63) is 65.7 Å². The molecule has 0 heterocycles. The summed E-state index contributed by atoms with van der Waals surface area (Å²) >= 11 is 0. The van der Waals surface area contributed by atoms with Gasteiger partial charge in [-0.05, 0) is 36.4 Å². The minimum atomic E-state index is -0.846. The van der Waals surface area contributed by atoms with E-state index < -0.39 is 5.97 Å². The predicted molar refractivity (Wildman–Crippen MR) is 68.9 cm³/mol. The molecule has 0 radical (unpaired) electrons. The smallest absolute Gasteiger partial charge is 0.322 e. The van der Waals surface area contributed by atoms with Gasteiger partial charge in [-0.1, -0.05) is 18.2 Å². The van der Waals surface area contributed by atoms with Crippen LogP contribution < -0.4 is 5.32 Å². The molecule has 0 saturated heterocycles. The zero-order valence-electron chi connectivity index (χ0n) is 9.87. The first-order valence-electron chi connectivity index (χ1n) is 5.53. The Morgan fingerprint density at radius 1 is 0.895 bits per heavy atom. The molecule has 0 aliphatic carbocycles. The van der Waals surface area contributed by atoms with Crippen LogP contribution >= 0.6 is 0 Å². The Morgan fingerprint density at radius 2 is 1.53 bits per heavy atom. The molecule has 5 heteroatoms. The third-order valence-electron chi connectivity index (χ3n) is 2.50. The highest BCUT2D eigenvalue weighted by Crippen LogP contribution is 2.12. The van der Waals surface area contributed by atoms with Crippen LogP contribution in [0, 0.1) is 0 Å². The van der Waals surface area contributed by atoms with Crippen molar-refractivity contribution in [3.63, 3.8) is 0 Å². The number of carbonyl (C=O) groups excluding carboxylic acids is 2. The van der Waals surface area contributed by atoms with Crippen molar-refractivity contribution in [1.82, 2.24) is 0 Å². The average Bonchev–Trinajstić information content (AvgIpc) is 2.48. The van der Waals surface area contributed by atoms with Gasteiger partial charge in [0.05, 0.1) is 5.56 Å². The standard InChI is InChI=1S/C14H11NO4/c16-13(10-4-2-1-3-5-10)15-12-8-6-11(7-9-12)14(17)19-18/h1-9,18H,(H,15,16). The van der Waals surface area contributed by atoms with Crippen LogP contribution in [0.5, 0.6) is 0 Å². The van der Waals surface area contributed by atoms with E-state index >= 15 is 0 Å². The number of anilines is 1. The van der Waals surface area contributed by atoms with Crippen molar-refractivity contribution in [2.75, 3.05) is 5.32 Å². The minimum absolute atomic E-state index is 0.195. The lowest BCUT2D eigenvalue weighted by Crippen LogP contribution is -2.11. The molecule has 0 atom stereocenters. The maximum absolute atomic E-state index is 11.8. The summed E-state index contributed by atoms with van der Waals surface area (Å²) in [7, 11) is 0. The fraction of sp³-hybridized carbons (Fsp3) is 0. The highest BCUT2D eigenvalue weighted by atomic mass is 17.1. The highest BCUT2D eigenvalue weighted by Gasteiger charge is 2.08. The fourth-order valence-corrected chi connectivity index (χ4v) is 1.54. The van der Waals surface area contributed by atoms with Gasteiger partial charge in [-0.25, -0.2) is 4.79 Å². The van der Waals surface area contributed by atoms with Crippen LogP contribution in [0.15, 0.2) is 54.6 Å². The second-order valence-corrected chi connectivity index (χ2v) is 3.78. The first-order chi connectivity index (χ1) is 9.20. The normalized spacial score (nSPS) is 9.74. The van der Waals surface area contributed by atoms with Crippen LogP contribution in [-0.2, 0) is 4.89 Å². The second-order valence-electron chi connectivity index (χ2n) is 3.78. The summed E-state index contributed by atoms with van der Waals surface area (Å²) in [5, 5.41) is 10.9. The van der Waals surface area contributed by atoms with Crippen LogP contribution in [0.2, 0.25) is 0 Å². The summed E-state index contributed by atoms with van der Waals surface area (Å²) in [6.45, 7) is 0. The number of hydrogen-bond donors (Lipinski definition) is 2. The van der Waals surface area contributed by atoms with Crippen LogP contribution in [0.25, 0.3) is 0 Å². The first-order valence-corrected chi connectivity index (χ1v) is 5.53. The van der Waals surface area contributed by atoms with Gasteiger partial charge in [0.15, 0.2) is 0 Å². The number of carbonyl (C=O) groups is 2. The maximum atomic E-state index is 11.8. The Hall–Kier alpha value is -2.66. The van der Waals surface area contributed by atoms with Crippen LogP contribution in [-0.4, -0.2) is 17.1 Å². The van der Waals surface area contributed by atoms with E-state index in [0.29, 0.717) is 11.3 Å². The third-order valence-corrected chi connectivity index (χ3v) is 2.50. The van der Waals surface area contributed by atoms with Gasteiger partial charge in [0.1, 0.15) is 0 Å². The van der Waals surface area contributed by atoms with Crippen molar-refractivity contribution in [3.8, 4) is 0 Å². The molecule has 2 aromatic carbocycles. The lowest BCUT2D eigenvalue weighted by molar-refractivity contribution is -0.182. The number of nitrogens with one attached hydrogen (secondary N) is 1. The van der Waals surface area contributed by atoms with E-state index in [4.69, 9.17) is 5.26 Å². The molecule has 0 aliphatic heterocycles. The lowest BCUT2D eigenvalue weighted by Gasteiger charge is -2.05. The largest absolute Gasteiger partial charge is 0.372 e. The molecule has 96 valence electrons. The molecule has 0 saturated carbocycles. The Morgan fingerprint density at radius 3 is 2.11 bits per heavy atom. The molecule has 2 rings (SSSR count). The van der Waals surface area contributed by atoms with Gasteiger partial charge in [-0.15, -0.1) is 0 Å². The molecule has 1 amide bonds. The van der Waals surface area contributed by atoms with Gasteiger partial charge in [-0.3, -0.25) is 9.68 Å². The van der Waals surface area contributed by atoms with Gasteiger partial charge >= 0.3 is 5.97 Å². The van der Waals surface area contributed by atoms with Crippen molar-refractivity contribution in [2.45, 2.75) is 0 Å². The quantitative estimate of drug-likeness (QED) is 0.654. The van der Waals surface area contributed by atoms with Crippen LogP contribution in [0.3, 0.4) is 0 Å². The average molecular weight is 257 g/mol. The number of benzene rings is 2. The van der Waals surface area contributed by atoms with E-state index in [1.165, 1.54) is 12.1 Å². The molecule has 0 aromatic heterocycles. The number of amides is 1. The van der Waals surface area contributed by atoms with Crippen molar-refractivity contribution in [1.29, 1.82) is 0 Å². The molecule has 0 aliphatic rings. The zero-order chi connectivity index (χ0) is 13.7. The summed E-state index contributed by atoms with van der Waals surface area (Å²) < 4.78 is 0. The summed E-state index contributed by atoms with van der Waals surface area (Å²) in [5.41, 5.74) is 1.28. The zero-order valence-corrected chi connectivity index (χ0v) is 9.87. The molecule has 19 heavy (non-hydrogen) atoms. The summed E-state index contributed by atoms with van der Waals surface area (Å²) in [6, 6.07) is 14.8. The van der Waals surface area contributed by atoms with Gasteiger partial charge in [0.25, 0.3) is 5.91 Å². The van der Waals surface area contributed by atoms with Crippen LogP contribution in [0.1, 0.15) is 20.7 Å². The Balaban J connectivity index is 2.08. The molecule has 0 spiro atoms. The van der Waals surface area contributed by atoms with Crippen molar-refractivity contribution in [2.24, 2.45) is 0 Å². The topological polar surface area (TPSA) is 75.6 Å². The van der Waals surface area contributed by atoms with E-state index in [-0.39, 0.29) is 11.5 Å². The molecule has 2 N–H and O–H groups in total. The van der Waals surface area contributed by atoms with Crippen molar-refractivity contribution < 1.29 is 19.7 Å². The van der Waals surface area contributed by atoms with E-state index in [2.05, 4.69) is 10.2 Å². The third kappa shape index (κ3) is 3.17. The van der Waals surface area contributed by atoms with Crippen LogP contribution in [0.4, 0.5) is 5.69 Å². The van der Waals surface area contributed by atoms with E-state index in [0.717, 1.165) is 0 Å². The SMILES string of the molecule is O=C(Nc1ccc(C(=O)OO)cc1)c1ccccc1. The monoisotopic (exact) mass is 257 g/mol. The first kappa shape index (κ1) is 12.8. The Labute approximate surface area is 109 Å². The van der Waals surface area contributed by atoms with Gasteiger partial charge in [-0.2, -0.15) is 5.26 Å². The minimum Gasteiger partial charge on any atom is -0.322 e. The molecular weight excluding hydrogens is 246 g/mol. The maximum Gasteiger partial charge on any atom is 0.372 e. The number of rotatable bonds is 3. The predicted octanol–water partition coefficient (Wildman–Crippen LogP) is 2.57. The number of hydrogen-bond acceptors (Lipinski definition) is 4. The van der Waals surface area contributed by atoms with Gasteiger partial charge < -0.3 is 5.32 Å². The summed E-state index contributed by atoms with van der Waals surface area (Å²) in [6.07, 6.45) is 0. The Kier molecular flexibility index (Phi) is 3.90. The molecule has 2 aromatic rings. The summed E-state index contributed by atoms with van der Waals surface area (Å²) in [5.74, 6) is -1.08. The molecule has 5 nitrogen and oxygen atoms in total. The highest BCUT2D eigenvalue weighted by molar-refractivity contribution is 6.04. The van der Waals surface area contributed by atoms with Gasteiger partial charge in [0.2, 0.25) is 0 Å². The second kappa shape index (κ2) is 5.79. The van der Waals surface area contributed by atoms with Gasteiger partial charge in [0, 0.05) is 11.3 Å². The van der Waals surface area contributed by atoms with Crippen molar-refractivity contribution >= 4 is 17.6 Å². The fourth-order valence-electron chi connectivity index (χ4n) is 1.54. The van der Waals surface area contributed by atoms with E-state index in [9.17, 15) is 9.59 Å². The molecule has 0 unspecified atom stereocenters. The molecular formula is C14H11NO4. The van der Waals surface area contributed by atoms with E-state index in [1.807, 2.05) is 6.07 Å². The Bertz CT molecular complexity index is 578. The van der Waals surface area contributed by atoms with E-state index in [1.54, 1.807) is 36.4 Å².